The van der Waals surface area contributed by atoms with E-state index < -0.39 is 8.80 Å². The third-order valence-corrected chi connectivity index (χ3v) is 5.54. The van der Waals surface area contributed by atoms with E-state index in [9.17, 15) is 0 Å². The van der Waals surface area contributed by atoms with Crippen molar-refractivity contribution < 1.29 is 13.3 Å². The fourth-order valence-electron chi connectivity index (χ4n) is 1.37. The first-order chi connectivity index (χ1) is 7.24. The van der Waals surface area contributed by atoms with E-state index in [2.05, 4.69) is 26.4 Å². The van der Waals surface area contributed by atoms with E-state index in [1.807, 2.05) is 20.8 Å². The number of hydrogen-bond donors (Lipinski definition) is 1. The van der Waals surface area contributed by atoms with Crippen LogP contribution >= 0.6 is 22.9 Å². The molecule has 0 bridgehead atoms. The van der Waals surface area contributed by atoms with Gasteiger partial charge >= 0.3 is 8.80 Å². The molecule has 0 aliphatic carbocycles. The molecule has 0 spiro atoms. The van der Waals surface area contributed by atoms with Crippen molar-refractivity contribution >= 4 is 31.7 Å². The summed E-state index contributed by atoms with van der Waals surface area (Å²) in [5.74, 6) is 0. The van der Waals surface area contributed by atoms with Gasteiger partial charge in [-0.25, -0.2) is 0 Å². The minimum absolute atomic E-state index is 0.657. The quantitative estimate of drug-likeness (QED) is 0.285. The van der Waals surface area contributed by atoms with Crippen LogP contribution in [0.3, 0.4) is 0 Å². The number of nitrogens with one attached hydrogen (secondary N) is 1. The van der Waals surface area contributed by atoms with Crippen LogP contribution in [0.25, 0.3) is 0 Å². The summed E-state index contributed by atoms with van der Waals surface area (Å²) in [6.07, 6.45) is 1.02. The lowest BCUT2D eigenvalue weighted by atomic mass is 10.5. The molecule has 15 heavy (non-hydrogen) atoms. The third-order valence-electron chi connectivity index (χ3n) is 1.85. The maximum atomic E-state index is 5.72. The molecule has 0 heterocycles. The molecule has 1 N–H and O–H groups in total. The van der Waals surface area contributed by atoms with Gasteiger partial charge in [-0.15, -0.1) is 0 Å². The number of hydrogen-bond acceptors (Lipinski definition) is 4. The summed E-state index contributed by atoms with van der Waals surface area (Å²) in [7, 11) is -2.38. The van der Waals surface area contributed by atoms with Crippen molar-refractivity contribution in [2.45, 2.75) is 33.2 Å². The Labute approximate surface area is 108 Å². The van der Waals surface area contributed by atoms with Crippen LogP contribution < -0.4 is 3.53 Å². The van der Waals surface area contributed by atoms with E-state index in [1.54, 1.807) is 0 Å². The van der Waals surface area contributed by atoms with Gasteiger partial charge in [0.1, 0.15) is 0 Å². The summed E-state index contributed by atoms with van der Waals surface area (Å²) in [5, 5.41) is 0. The average molecular weight is 347 g/mol. The summed E-state index contributed by atoms with van der Waals surface area (Å²) in [4.78, 5) is 0. The first kappa shape index (κ1) is 15.8. The van der Waals surface area contributed by atoms with Crippen molar-refractivity contribution in [3.05, 3.63) is 0 Å². The molecule has 0 aromatic heterocycles. The first-order valence-corrected chi connectivity index (χ1v) is 8.51. The van der Waals surface area contributed by atoms with Crippen LogP contribution in [-0.2, 0) is 13.3 Å². The standard InChI is InChI=1S/C9H22INO3Si/c1-4-12-15(13-5-2,14-6-3)9-7-8-11-10/h11H,4-9H2,1-3H3. The van der Waals surface area contributed by atoms with E-state index in [4.69, 9.17) is 13.3 Å². The lowest BCUT2D eigenvalue weighted by Gasteiger charge is -2.28. The SMILES string of the molecule is CCO[Si](CCCNI)(OCC)OCC. The van der Waals surface area contributed by atoms with Crippen molar-refractivity contribution in [3.8, 4) is 0 Å². The van der Waals surface area contributed by atoms with Gasteiger partial charge in [0.05, 0.1) is 0 Å². The molecule has 0 radical (unpaired) electrons. The predicted octanol–water partition coefficient (Wildman–Crippen LogP) is 2.36. The maximum Gasteiger partial charge on any atom is 0.500 e. The third kappa shape index (κ3) is 6.85. The lowest BCUT2D eigenvalue weighted by molar-refractivity contribution is 0.0709. The van der Waals surface area contributed by atoms with Gasteiger partial charge in [0, 0.05) is 55.3 Å². The van der Waals surface area contributed by atoms with E-state index in [0.29, 0.717) is 19.8 Å². The molecular weight excluding hydrogens is 325 g/mol. The van der Waals surface area contributed by atoms with Crippen LogP contribution in [0.1, 0.15) is 27.2 Å². The summed E-state index contributed by atoms with van der Waals surface area (Å²) in [5.41, 5.74) is 0. The highest BCUT2D eigenvalue weighted by Crippen LogP contribution is 2.17. The normalized spacial score (nSPS) is 12.0. The van der Waals surface area contributed by atoms with Gasteiger partial charge in [-0.1, -0.05) is 0 Å². The van der Waals surface area contributed by atoms with E-state index in [-0.39, 0.29) is 0 Å². The molecule has 0 aromatic rings. The van der Waals surface area contributed by atoms with Crippen molar-refractivity contribution in [1.29, 1.82) is 0 Å². The van der Waals surface area contributed by atoms with Crippen LogP contribution in [0, 0.1) is 0 Å². The van der Waals surface area contributed by atoms with Crippen LogP contribution in [0.2, 0.25) is 6.04 Å². The molecule has 0 saturated carbocycles. The predicted molar refractivity (Wildman–Crippen MR) is 72.1 cm³/mol. The Morgan fingerprint density at radius 2 is 1.47 bits per heavy atom. The maximum absolute atomic E-state index is 5.72. The average Bonchev–Trinajstić information content (AvgIpc) is 2.19. The number of rotatable bonds is 10. The molecule has 0 aromatic carbocycles. The van der Waals surface area contributed by atoms with Gasteiger partial charge in [0.2, 0.25) is 0 Å². The zero-order valence-corrected chi connectivity index (χ0v) is 13.0. The lowest BCUT2D eigenvalue weighted by Crippen LogP contribution is -2.46. The summed E-state index contributed by atoms with van der Waals surface area (Å²) < 4.78 is 20.3. The minimum Gasteiger partial charge on any atom is -0.374 e. The zero-order valence-electron chi connectivity index (χ0n) is 9.85. The first-order valence-electron chi connectivity index (χ1n) is 5.50. The molecule has 0 aliphatic rings. The van der Waals surface area contributed by atoms with Crippen LogP contribution in [-0.4, -0.2) is 35.2 Å². The summed E-state index contributed by atoms with van der Waals surface area (Å²) >= 11 is 2.15. The van der Waals surface area contributed by atoms with Gasteiger partial charge in [-0.05, 0) is 27.2 Å². The minimum atomic E-state index is -2.38. The zero-order chi connectivity index (χ0) is 11.6. The van der Waals surface area contributed by atoms with Gasteiger partial charge in [0.15, 0.2) is 0 Å². The summed E-state index contributed by atoms with van der Waals surface area (Å²) in [6, 6.07) is 0.887. The highest BCUT2D eigenvalue weighted by molar-refractivity contribution is 14.1. The topological polar surface area (TPSA) is 39.7 Å². The fraction of sp³-hybridized carbons (Fsp3) is 1.00. The molecule has 92 valence electrons. The van der Waals surface area contributed by atoms with Gasteiger partial charge in [0.25, 0.3) is 0 Å². The largest absolute Gasteiger partial charge is 0.500 e. The highest BCUT2D eigenvalue weighted by atomic mass is 127. The molecule has 0 fully saturated rings. The van der Waals surface area contributed by atoms with Crippen LogP contribution in [0.4, 0.5) is 0 Å². The molecule has 0 atom stereocenters. The molecule has 0 aliphatic heterocycles. The Balaban J connectivity index is 4.18. The number of halogens is 1. The Hall–Kier alpha value is 0.787. The second-order valence-electron chi connectivity index (χ2n) is 2.97. The molecule has 0 saturated heterocycles. The van der Waals surface area contributed by atoms with Crippen LogP contribution in [0.15, 0.2) is 0 Å². The Morgan fingerprint density at radius 1 is 1.00 bits per heavy atom. The van der Waals surface area contributed by atoms with E-state index in [0.717, 1.165) is 19.0 Å². The Kier molecular flexibility index (Phi) is 10.5. The van der Waals surface area contributed by atoms with Gasteiger partial charge < -0.3 is 13.3 Å². The van der Waals surface area contributed by atoms with Crippen molar-refractivity contribution in [1.82, 2.24) is 3.53 Å². The van der Waals surface area contributed by atoms with Gasteiger partial charge in [-0.2, -0.15) is 0 Å². The Morgan fingerprint density at radius 3 is 1.80 bits per heavy atom. The highest BCUT2D eigenvalue weighted by Gasteiger charge is 2.39. The van der Waals surface area contributed by atoms with E-state index >= 15 is 0 Å². The van der Waals surface area contributed by atoms with Crippen molar-refractivity contribution in [2.24, 2.45) is 0 Å². The second kappa shape index (κ2) is 9.97. The summed E-state index contributed by atoms with van der Waals surface area (Å²) in [6.45, 7) is 8.88. The molecule has 4 nitrogen and oxygen atoms in total. The fourth-order valence-corrected chi connectivity index (χ4v) is 4.37. The van der Waals surface area contributed by atoms with Crippen molar-refractivity contribution in [3.63, 3.8) is 0 Å². The molecule has 0 unspecified atom stereocenters. The van der Waals surface area contributed by atoms with Crippen molar-refractivity contribution in [2.75, 3.05) is 26.4 Å². The van der Waals surface area contributed by atoms with Crippen LogP contribution in [0.5, 0.6) is 0 Å². The second-order valence-corrected chi connectivity index (χ2v) is 6.46. The smallest absolute Gasteiger partial charge is 0.374 e. The van der Waals surface area contributed by atoms with Gasteiger partial charge in [-0.3, -0.25) is 3.53 Å². The van der Waals surface area contributed by atoms with E-state index in [1.165, 1.54) is 0 Å². The molecular formula is C9H22INO3Si. The molecule has 6 heteroatoms. The molecule has 0 amide bonds. The Bertz CT molecular complexity index is 134. The monoisotopic (exact) mass is 347 g/mol. The molecule has 0 rings (SSSR count).